The second-order valence-corrected chi connectivity index (χ2v) is 10.4. The number of carboxylic acids is 1. The molecule has 0 aromatic carbocycles. The monoisotopic (exact) mass is 556 g/mol. The minimum atomic E-state index is -1.43. The maximum absolute atomic E-state index is 13.5. The van der Waals surface area contributed by atoms with E-state index in [2.05, 4.69) is 21.3 Å². The van der Waals surface area contributed by atoms with E-state index in [0.717, 1.165) is 0 Å². The Kier molecular flexibility index (Phi) is 13.3. The summed E-state index contributed by atoms with van der Waals surface area (Å²) in [6.07, 6.45) is 0.141. The highest BCUT2D eigenvalue weighted by Gasteiger charge is 2.40. The SMILES string of the molecule is CC[C@H](C)[C@H](N)C(=O)N[C@@H](C)C(=O)N[C@H](C(=O)N1CCC[C@H]1C(=O)N[C@H](C(=O)NCC(=O)O)[C@@H](C)O)C(C)C. The molecule has 39 heavy (non-hydrogen) atoms. The van der Waals surface area contributed by atoms with E-state index in [0.29, 0.717) is 19.3 Å². The third kappa shape index (κ3) is 9.77. The molecule has 1 fully saturated rings. The van der Waals surface area contributed by atoms with Gasteiger partial charge in [0, 0.05) is 6.54 Å². The molecule has 0 saturated carbocycles. The van der Waals surface area contributed by atoms with Crippen molar-refractivity contribution >= 4 is 35.5 Å². The molecule has 1 rings (SSSR count). The third-order valence-corrected chi connectivity index (χ3v) is 6.86. The Balaban J connectivity index is 2.93. The first-order valence-corrected chi connectivity index (χ1v) is 13.3. The lowest BCUT2D eigenvalue weighted by molar-refractivity contribution is -0.144. The van der Waals surface area contributed by atoms with Crippen LogP contribution in [0.15, 0.2) is 0 Å². The fraction of sp³-hybridized carbons (Fsp3) is 0.760. The predicted octanol–water partition coefficient (Wildman–Crippen LogP) is -1.94. The summed E-state index contributed by atoms with van der Waals surface area (Å²) in [6.45, 7) is 9.48. The molecule has 8 N–H and O–H groups in total. The molecule has 5 amide bonds. The first kappa shape index (κ1) is 33.8. The van der Waals surface area contributed by atoms with Gasteiger partial charge in [0.25, 0.3) is 0 Å². The molecule has 0 aromatic rings. The Morgan fingerprint density at radius 3 is 2.05 bits per heavy atom. The molecule has 7 atom stereocenters. The van der Waals surface area contributed by atoms with Crippen molar-refractivity contribution < 1.29 is 39.0 Å². The summed E-state index contributed by atoms with van der Waals surface area (Å²) in [7, 11) is 0. The highest BCUT2D eigenvalue weighted by molar-refractivity contribution is 5.96. The van der Waals surface area contributed by atoms with E-state index < -0.39 is 78.4 Å². The third-order valence-electron chi connectivity index (χ3n) is 6.86. The van der Waals surface area contributed by atoms with Crippen molar-refractivity contribution in [2.45, 2.75) is 97.1 Å². The maximum Gasteiger partial charge on any atom is 0.322 e. The van der Waals surface area contributed by atoms with Crippen LogP contribution in [0.3, 0.4) is 0 Å². The molecule has 0 radical (unpaired) electrons. The van der Waals surface area contributed by atoms with E-state index in [-0.39, 0.29) is 18.4 Å². The normalized spacial score (nSPS) is 19.7. The molecule has 1 heterocycles. The van der Waals surface area contributed by atoms with E-state index >= 15 is 0 Å². The number of aliphatic hydroxyl groups excluding tert-OH is 1. The molecule has 0 bridgehead atoms. The number of hydrogen-bond donors (Lipinski definition) is 7. The number of nitrogens with one attached hydrogen (secondary N) is 4. The maximum atomic E-state index is 13.5. The Hall–Kier alpha value is -3.26. The van der Waals surface area contributed by atoms with Gasteiger partial charge in [-0.05, 0) is 38.5 Å². The van der Waals surface area contributed by atoms with E-state index in [1.54, 1.807) is 13.8 Å². The molecule has 222 valence electrons. The summed E-state index contributed by atoms with van der Waals surface area (Å²) < 4.78 is 0. The summed E-state index contributed by atoms with van der Waals surface area (Å²) >= 11 is 0. The molecule has 14 heteroatoms. The number of carbonyl (C=O) groups excluding carboxylic acids is 5. The number of rotatable bonds is 14. The summed E-state index contributed by atoms with van der Waals surface area (Å²) in [6, 6.07) is -5.14. The van der Waals surface area contributed by atoms with Crippen LogP contribution in [0.5, 0.6) is 0 Å². The molecular formula is C25H44N6O8. The Bertz CT molecular complexity index is 911. The minimum Gasteiger partial charge on any atom is -0.480 e. The van der Waals surface area contributed by atoms with E-state index in [1.807, 2.05) is 13.8 Å². The fourth-order valence-corrected chi connectivity index (χ4v) is 4.09. The number of aliphatic carboxylic acids is 1. The van der Waals surface area contributed by atoms with Crippen molar-refractivity contribution in [2.75, 3.05) is 13.1 Å². The van der Waals surface area contributed by atoms with Crippen molar-refractivity contribution in [1.82, 2.24) is 26.2 Å². The second kappa shape index (κ2) is 15.4. The van der Waals surface area contributed by atoms with Crippen LogP contribution in [0.2, 0.25) is 0 Å². The summed E-state index contributed by atoms with van der Waals surface area (Å²) in [5.41, 5.74) is 5.94. The molecular weight excluding hydrogens is 512 g/mol. The van der Waals surface area contributed by atoms with Crippen LogP contribution < -0.4 is 27.0 Å². The van der Waals surface area contributed by atoms with Crippen LogP contribution in [0.25, 0.3) is 0 Å². The zero-order valence-electron chi connectivity index (χ0n) is 23.5. The number of likely N-dealkylation sites (tertiary alicyclic amines) is 1. The van der Waals surface area contributed by atoms with Crippen LogP contribution in [0, 0.1) is 11.8 Å². The Morgan fingerprint density at radius 2 is 1.54 bits per heavy atom. The van der Waals surface area contributed by atoms with Gasteiger partial charge >= 0.3 is 5.97 Å². The van der Waals surface area contributed by atoms with Crippen LogP contribution in [-0.2, 0) is 28.8 Å². The highest BCUT2D eigenvalue weighted by Crippen LogP contribution is 2.21. The molecule has 0 spiro atoms. The summed E-state index contributed by atoms with van der Waals surface area (Å²) in [5.74, 6) is -4.87. The average Bonchev–Trinajstić information content (AvgIpc) is 3.36. The lowest BCUT2D eigenvalue weighted by Crippen LogP contribution is -2.60. The van der Waals surface area contributed by atoms with Crippen molar-refractivity contribution in [2.24, 2.45) is 17.6 Å². The van der Waals surface area contributed by atoms with Gasteiger partial charge in [-0.25, -0.2) is 0 Å². The van der Waals surface area contributed by atoms with Gasteiger partial charge in [-0.15, -0.1) is 0 Å². The van der Waals surface area contributed by atoms with E-state index in [9.17, 15) is 33.9 Å². The standard InChI is InChI=1S/C25H44N6O8/c1-7-13(4)18(26)23(37)28-14(5)21(35)29-19(12(2)3)25(39)31-10-8-9-16(31)22(36)30-20(15(6)32)24(38)27-11-17(33)34/h12-16,18-20,32H,7-11,26H2,1-6H3,(H,27,38)(H,28,37)(H,29,35)(H,30,36)(H,33,34)/t13-,14-,15+,16-,18-,19-,20-/m0/s1. The first-order valence-electron chi connectivity index (χ1n) is 13.3. The van der Waals surface area contributed by atoms with Gasteiger partial charge in [0.05, 0.1) is 12.1 Å². The van der Waals surface area contributed by atoms with Crippen molar-refractivity contribution in [3.63, 3.8) is 0 Å². The number of carbonyl (C=O) groups is 6. The number of hydrogen-bond acceptors (Lipinski definition) is 8. The lowest BCUT2D eigenvalue weighted by Gasteiger charge is -2.32. The fourth-order valence-electron chi connectivity index (χ4n) is 4.09. The lowest BCUT2D eigenvalue weighted by atomic mass is 9.99. The average molecular weight is 557 g/mol. The van der Waals surface area contributed by atoms with E-state index in [4.69, 9.17) is 10.8 Å². The highest BCUT2D eigenvalue weighted by atomic mass is 16.4. The molecule has 0 unspecified atom stereocenters. The van der Waals surface area contributed by atoms with Crippen LogP contribution in [0.4, 0.5) is 0 Å². The Morgan fingerprint density at radius 1 is 0.923 bits per heavy atom. The van der Waals surface area contributed by atoms with Crippen LogP contribution in [-0.4, -0.2) is 100 Å². The number of carboxylic acid groups (broad SMARTS) is 1. The molecule has 0 aliphatic carbocycles. The zero-order chi connectivity index (χ0) is 30.0. The zero-order valence-corrected chi connectivity index (χ0v) is 23.5. The summed E-state index contributed by atoms with van der Waals surface area (Å²) in [4.78, 5) is 76.1. The quantitative estimate of drug-likeness (QED) is 0.126. The number of nitrogens with two attached hydrogens (primary N) is 1. The molecule has 1 saturated heterocycles. The van der Waals surface area contributed by atoms with Crippen molar-refractivity contribution in [1.29, 1.82) is 0 Å². The van der Waals surface area contributed by atoms with E-state index in [1.165, 1.54) is 18.7 Å². The number of aliphatic hydroxyl groups is 1. The van der Waals surface area contributed by atoms with Crippen LogP contribution in [0.1, 0.15) is 60.8 Å². The molecule has 1 aliphatic rings. The molecule has 0 aromatic heterocycles. The predicted molar refractivity (Wildman–Crippen MR) is 141 cm³/mol. The number of amides is 5. The smallest absolute Gasteiger partial charge is 0.322 e. The van der Waals surface area contributed by atoms with Gasteiger partial charge in [-0.3, -0.25) is 28.8 Å². The Labute approximate surface area is 228 Å². The summed E-state index contributed by atoms with van der Waals surface area (Å²) in [5, 5.41) is 28.5. The topological polar surface area (TPSA) is 220 Å². The van der Waals surface area contributed by atoms with Gasteiger partial charge in [0.2, 0.25) is 29.5 Å². The molecule has 1 aliphatic heterocycles. The second-order valence-electron chi connectivity index (χ2n) is 10.4. The van der Waals surface area contributed by atoms with Crippen LogP contribution >= 0.6 is 0 Å². The van der Waals surface area contributed by atoms with Gasteiger partial charge in [-0.1, -0.05) is 34.1 Å². The first-order chi connectivity index (χ1) is 18.1. The van der Waals surface area contributed by atoms with Gasteiger partial charge in [0.1, 0.15) is 30.7 Å². The minimum absolute atomic E-state index is 0.0832. The largest absolute Gasteiger partial charge is 0.480 e. The molecule has 14 nitrogen and oxygen atoms in total. The van der Waals surface area contributed by atoms with Gasteiger partial charge in [-0.2, -0.15) is 0 Å². The van der Waals surface area contributed by atoms with Gasteiger partial charge in [0.15, 0.2) is 0 Å². The van der Waals surface area contributed by atoms with Gasteiger partial charge < -0.3 is 42.1 Å². The van der Waals surface area contributed by atoms with Crippen molar-refractivity contribution in [3.8, 4) is 0 Å². The van der Waals surface area contributed by atoms with Crippen molar-refractivity contribution in [3.05, 3.63) is 0 Å². The number of nitrogens with zero attached hydrogens (tertiary/aromatic N) is 1.